The van der Waals surface area contributed by atoms with E-state index in [9.17, 15) is 8.42 Å². The average Bonchev–Trinajstić information content (AvgIpc) is 2.34. The summed E-state index contributed by atoms with van der Waals surface area (Å²) in [6.45, 7) is 3.69. The molecule has 0 aliphatic rings. The summed E-state index contributed by atoms with van der Waals surface area (Å²) < 4.78 is 26.7. The molecule has 5 nitrogen and oxygen atoms in total. The van der Waals surface area contributed by atoms with Crippen LogP contribution in [0.2, 0.25) is 0 Å². The molecule has 0 aliphatic carbocycles. The number of nitrogens with one attached hydrogen (secondary N) is 1. The van der Waals surface area contributed by atoms with Crippen molar-refractivity contribution in [2.75, 3.05) is 10.5 Å². The second-order valence-electron chi connectivity index (χ2n) is 4.34. The van der Waals surface area contributed by atoms with Crippen molar-refractivity contribution >= 4 is 21.5 Å². The van der Waals surface area contributed by atoms with Gasteiger partial charge in [0, 0.05) is 0 Å². The maximum atomic E-state index is 12.1. The molecule has 0 radical (unpaired) electrons. The van der Waals surface area contributed by atoms with Crippen LogP contribution in [0.1, 0.15) is 11.1 Å². The highest BCUT2D eigenvalue weighted by atomic mass is 32.2. The van der Waals surface area contributed by atoms with Gasteiger partial charge in [-0.3, -0.25) is 4.72 Å². The highest BCUT2D eigenvalue weighted by Crippen LogP contribution is 2.18. The summed E-state index contributed by atoms with van der Waals surface area (Å²) in [5.74, 6) is 0.257. The van der Waals surface area contributed by atoms with E-state index >= 15 is 0 Å². The normalized spacial score (nSPS) is 11.3. The molecule has 6 heteroatoms. The van der Waals surface area contributed by atoms with Gasteiger partial charge in [0.1, 0.15) is 5.82 Å². The van der Waals surface area contributed by atoms with Crippen molar-refractivity contribution in [2.45, 2.75) is 18.7 Å². The van der Waals surface area contributed by atoms with Crippen molar-refractivity contribution in [1.29, 1.82) is 0 Å². The van der Waals surface area contributed by atoms with Crippen molar-refractivity contribution < 1.29 is 8.42 Å². The highest BCUT2D eigenvalue weighted by molar-refractivity contribution is 7.92. The van der Waals surface area contributed by atoms with Crippen LogP contribution in [0.3, 0.4) is 0 Å². The van der Waals surface area contributed by atoms with Crippen LogP contribution in [-0.4, -0.2) is 13.4 Å². The number of nitrogens with two attached hydrogens (primary N) is 1. The Bertz CT molecular complexity index is 694. The standard InChI is InChI=1S/C13H15N3O2S/c1-9-3-5-11(6-4-9)19(17,18)16-13-7-10(2)12(14)8-15-13/h3-8H,14H2,1-2H3,(H,15,16). The first-order valence-electron chi connectivity index (χ1n) is 5.70. The number of benzene rings is 1. The zero-order valence-corrected chi connectivity index (χ0v) is 11.5. The Morgan fingerprint density at radius 1 is 1.16 bits per heavy atom. The molecule has 1 aromatic carbocycles. The average molecular weight is 277 g/mol. The van der Waals surface area contributed by atoms with Gasteiger partial charge in [-0.15, -0.1) is 0 Å². The predicted molar refractivity (Wildman–Crippen MR) is 75.4 cm³/mol. The number of aryl methyl sites for hydroxylation is 2. The van der Waals surface area contributed by atoms with Crippen LogP contribution in [0.25, 0.3) is 0 Å². The lowest BCUT2D eigenvalue weighted by Crippen LogP contribution is -2.14. The Labute approximate surface area is 112 Å². The second kappa shape index (κ2) is 4.89. The first-order valence-corrected chi connectivity index (χ1v) is 7.18. The third kappa shape index (κ3) is 3.03. The lowest BCUT2D eigenvalue weighted by molar-refractivity contribution is 0.601. The minimum absolute atomic E-state index is 0.203. The topological polar surface area (TPSA) is 85.1 Å². The van der Waals surface area contributed by atoms with Crippen LogP contribution < -0.4 is 10.5 Å². The monoisotopic (exact) mass is 277 g/mol. The summed E-state index contributed by atoms with van der Waals surface area (Å²) in [5, 5.41) is 0. The van der Waals surface area contributed by atoms with E-state index in [0.29, 0.717) is 5.69 Å². The molecular formula is C13H15N3O2S. The molecule has 0 spiro atoms. The Balaban J connectivity index is 2.30. The second-order valence-corrected chi connectivity index (χ2v) is 6.03. The number of nitrogens with zero attached hydrogens (tertiary/aromatic N) is 1. The molecule has 0 aliphatic heterocycles. The van der Waals surface area contributed by atoms with E-state index < -0.39 is 10.0 Å². The van der Waals surface area contributed by atoms with Crippen LogP contribution in [-0.2, 0) is 10.0 Å². The molecule has 0 fully saturated rings. The summed E-state index contributed by atoms with van der Waals surface area (Å²) in [5.41, 5.74) is 7.94. The Morgan fingerprint density at radius 2 is 1.79 bits per heavy atom. The SMILES string of the molecule is Cc1ccc(S(=O)(=O)Nc2cc(C)c(N)cn2)cc1. The summed E-state index contributed by atoms with van der Waals surface area (Å²) in [6.07, 6.45) is 1.43. The van der Waals surface area contributed by atoms with Gasteiger partial charge in [0.25, 0.3) is 10.0 Å². The van der Waals surface area contributed by atoms with Gasteiger partial charge in [0.05, 0.1) is 16.8 Å². The van der Waals surface area contributed by atoms with Crippen LogP contribution in [0.15, 0.2) is 41.4 Å². The van der Waals surface area contributed by atoms with E-state index in [1.165, 1.54) is 6.20 Å². The first-order chi connectivity index (χ1) is 8.88. The quantitative estimate of drug-likeness (QED) is 0.899. The largest absolute Gasteiger partial charge is 0.397 e. The number of anilines is 2. The summed E-state index contributed by atoms with van der Waals surface area (Å²) >= 11 is 0. The van der Waals surface area contributed by atoms with Gasteiger partial charge in [-0.05, 0) is 37.6 Å². The van der Waals surface area contributed by atoms with Gasteiger partial charge in [-0.25, -0.2) is 13.4 Å². The van der Waals surface area contributed by atoms with Gasteiger partial charge >= 0.3 is 0 Å². The van der Waals surface area contributed by atoms with Crippen LogP contribution in [0, 0.1) is 13.8 Å². The molecule has 3 N–H and O–H groups in total. The molecule has 0 amide bonds. The highest BCUT2D eigenvalue weighted by Gasteiger charge is 2.14. The molecule has 100 valence electrons. The van der Waals surface area contributed by atoms with E-state index in [2.05, 4.69) is 9.71 Å². The first kappa shape index (κ1) is 13.4. The molecule has 19 heavy (non-hydrogen) atoms. The van der Waals surface area contributed by atoms with E-state index in [1.807, 2.05) is 6.92 Å². The molecule has 1 aromatic heterocycles. The Kier molecular flexibility index (Phi) is 3.44. The van der Waals surface area contributed by atoms with Crippen LogP contribution in [0.5, 0.6) is 0 Å². The fourth-order valence-electron chi connectivity index (χ4n) is 1.54. The van der Waals surface area contributed by atoms with Crippen molar-refractivity contribution in [1.82, 2.24) is 4.98 Å². The van der Waals surface area contributed by atoms with Gasteiger partial charge in [-0.1, -0.05) is 17.7 Å². The maximum Gasteiger partial charge on any atom is 0.263 e. The molecule has 1 heterocycles. The van der Waals surface area contributed by atoms with E-state index in [1.54, 1.807) is 37.3 Å². The fourth-order valence-corrected chi connectivity index (χ4v) is 2.54. The maximum absolute atomic E-state index is 12.1. The van der Waals surface area contributed by atoms with E-state index in [-0.39, 0.29) is 10.7 Å². The molecule has 0 bridgehead atoms. The summed E-state index contributed by atoms with van der Waals surface area (Å²) in [7, 11) is -3.61. The zero-order valence-electron chi connectivity index (χ0n) is 10.7. The predicted octanol–water partition coefficient (Wildman–Crippen LogP) is 2.08. The van der Waals surface area contributed by atoms with Gasteiger partial charge in [0.2, 0.25) is 0 Å². The molecule has 2 rings (SSSR count). The van der Waals surface area contributed by atoms with Gasteiger partial charge in [0.15, 0.2) is 0 Å². The summed E-state index contributed by atoms with van der Waals surface area (Å²) in [4.78, 5) is 4.16. The third-order valence-corrected chi connectivity index (χ3v) is 4.09. The number of pyridine rings is 1. The van der Waals surface area contributed by atoms with E-state index in [0.717, 1.165) is 11.1 Å². The zero-order chi connectivity index (χ0) is 14.0. The van der Waals surface area contributed by atoms with Crippen molar-refractivity contribution in [2.24, 2.45) is 0 Å². The lowest BCUT2D eigenvalue weighted by Gasteiger charge is -2.09. The molecule has 0 unspecified atom stereocenters. The molecule has 0 saturated heterocycles. The van der Waals surface area contributed by atoms with Crippen LogP contribution >= 0.6 is 0 Å². The van der Waals surface area contributed by atoms with Crippen molar-refractivity contribution in [3.05, 3.63) is 47.7 Å². The molecule has 2 aromatic rings. The minimum Gasteiger partial charge on any atom is -0.397 e. The fraction of sp³-hybridized carbons (Fsp3) is 0.154. The van der Waals surface area contributed by atoms with Gasteiger partial charge in [-0.2, -0.15) is 0 Å². The van der Waals surface area contributed by atoms with Crippen molar-refractivity contribution in [3.63, 3.8) is 0 Å². The molecule has 0 atom stereocenters. The van der Waals surface area contributed by atoms with Crippen molar-refractivity contribution in [3.8, 4) is 0 Å². The van der Waals surface area contributed by atoms with Gasteiger partial charge < -0.3 is 5.73 Å². The Hall–Kier alpha value is -2.08. The third-order valence-electron chi connectivity index (χ3n) is 2.72. The minimum atomic E-state index is -3.61. The molecule has 0 saturated carbocycles. The van der Waals surface area contributed by atoms with Crippen LogP contribution in [0.4, 0.5) is 11.5 Å². The van der Waals surface area contributed by atoms with E-state index in [4.69, 9.17) is 5.73 Å². The lowest BCUT2D eigenvalue weighted by atomic mass is 10.2. The number of aromatic nitrogens is 1. The number of nitrogen functional groups attached to an aromatic ring is 1. The summed E-state index contributed by atoms with van der Waals surface area (Å²) in [6, 6.07) is 8.21. The smallest absolute Gasteiger partial charge is 0.263 e. The molecular weight excluding hydrogens is 262 g/mol. The number of rotatable bonds is 3. The Morgan fingerprint density at radius 3 is 2.37 bits per heavy atom. The number of sulfonamides is 1. The number of hydrogen-bond donors (Lipinski definition) is 2. The number of hydrogen-bond acceptors (Lipinski definition) is 4.